The van der Waals surface area contributed by atoms with Crippen LogP contribution in [0, 0.1) is 0 Å². The topological polar surface area (TPSA) is 277 Å². The Hall–Kier alpha value is 4.62. The van der Waals surface area contributed by atoms with E-state index in [1.54, 1.807) is 0 Å². The quantitative estimate of drug-likeness (QED) is 0.212. The average molecular weight is 707 g/mol. The van der Waals surface area contributed by atoms with Gasteiger partial charge in [0.2, 0.25) is 0 Å². The van der Waals surface area contributed by atoms with Crippen molar-refractivity contribution in [3.63, 3.8) is 0 Å². The van der Waals surface area contributed by atoms with Gasteiger partial charge in [-0.05, 0) is 0 Å². The third-order valence-electron chi connectivity index (χ3n) is 0. The van der Waals surface area contributed by atoms with Crippen LogP contribution in [0.15, 0.2) is 0 Å². The Morgan fingerprint density at radius 2 is 0.263 bits per heavy atom. The molecule has 0 bridgehead atoms. The number of hydrogen-bond donors (Lipinski definition) is 0. The summed E-state index contributed by atoms with van der Waals surface area (Å²) in [4.78, 5) is 0. The van der Waals surface area contributed by atoms with Crippen LogP contribution in [0.4, 0.5) is 0 Å². The van der Waals surface area contributed by atoms with E-state index in [2.05, 4.69) is 0 Å². The third kappa shape index (κ3) is 450. The van der Waals surface area contributed by atoms with Crippen LogP contribution in [-0.2, 0) is 144 Å². The van der Waals surface area contributed by atoms with Crippen LogP contribution in [0.2, 0.25) is 0 Å². The van der Waals surface area contributed by atoms with Crippen LogP contribution in [0.5, 0.6) is 0 Å². The summed E-state index contributed by atoms with van der Waals surface area (Å²) in [6, 6.07) is 0. The van der Waals surface area contributed by atoms with Crippen LogP contribution in [0.1, 0.15) is 0 Å². The molecular formula is Nb4O12Ti3. The molecule has 19 heteroatoms. The molecule has 0 aliphatic heterocycles. The van der Waals surface area contributed by atoms with Crippen molar-refractivity contribution in [1.29, 1.82) is 0 Å². The van der Waals surface area contributed by atoms with Crippen molar-refractivity contribution in [2.75, 3.05) is 0 Å². The Labute approximate surface area is 185 Å². The molecule has 0 unspecified atom stereocenters. The molecule has 0 aromatic heterocycles. The predicted octanol–water partition coefficient (Wildman–Crippen LogP) is -14.3. The molecule has 0 aliphatic carbocycles. The van der Waals surface area contributed by atoms with E-state index in [1.807, 2.05) is 0 Å². The van der Waals surface area contributed by atoms with Gasteiger partial charge in [-0.25, -0.2) is 0 Å². The van der Waals surface area contributed by atoms with Gasteiger partial charge in [0.25, 0.3) is 0 Å². The van der Waals surface area contributed by atoms with Gasteiger partial charge in [0.15, 0.2) is 0 Å². The van der Waals surface area contributed by atoms with Crippen molar-refractivity contribution in [2.24, 2.45) is 0 Å². The van der Waals surface area contributed by atoms with Crippen molar-refractivity contribution in [1.82, 2.24) is 0 Å². The van der Waals surface area contributed by atoms with E-state index in [4.69, 9.17) is 44.3 Å². The third-order valence-corrected chi connectivity index (χ3v) is 0. The van der Waals surface area contributed by atoms with Crippen LogP contribution in [0.3, 0.4) is 0 Å². The second-order valence-corrected chi connectivity index (χ2v) is 6.18. The van der Waals surface area contributed by atoms with Gasteiger partial charge < -0.3 is 0 Å². The predicted molar refractivity (Wildman–Crippen MR) is 0 cm³/mol. The summed E-state index contributed by atoms with van der Waals surface area (Å²) in [5.41, 5.74) is 0. The Kier molecular flexibility index (Phi) is 47.6. The molecule has 19 heavy (non-hydrogen) atoms. The molecule has 0 N–H and O–H groups in total. The molecule has 0 atom stereocenters. The van der Waals surface area contributed by atoms with E-state index in [9.17, 15) is 0 Å². The average Bonchev–Trinajstić information content (AvgIpc) is 1.41. The Morgan fingerprint density at radius 1 is 0.263 bits per heavy atom. The van der Waals surface area contributed by atoms with Gasteiger partial charge in [-0.3, -0.25) is 0 Å². The Balaban J connectivity index is -0.0000000206. The first-order valence-corrected chi connectivity index (χ1v) is 10.1. The van der Waals surface area contributed by atoms with Gasteiger partial charge in [0, 0.05) is 0 Å². The van der Waals surface area contributed by atoms with Crippen LogP contribution in [-0.4, -0.2) is 0 Å². The van der Waals surface area contributed by atoms with E-state index >= 15 is 0 Å². The van der Waals surface area contributed by atoms with Crippen molar-refractivity contribution in [2.45, 2.75) is 0 Å². The molecular weight excluding hydrogens is 707 g/mol. The summed E-state index contributed by atoms with van der Waals surface area (Å²) in [5, 5.41) is 0. The number of hydrogen-bond acceptors (Lipinski definition) is 12. The molecule has 0 radical (unpaired) electrons. The summed E-state index contributed by atoms with van der Waals surface area (Å²) >= 11 is -18.0. The van der Waals surface area contributed by atoms with Crippen molar-refractivity contribution in [3.8, 4) is 0 Å². The SMILES string of the molecule is [Nb+3].[Nb+3].[Nb+3].[Nb+3].[O-][Ti]([O-])([O-])[O-].[O-][Ti]([O-])([O-])[O-].[O-][Ti]([O-])([O-])[O-]. The van der Waals surface area contributed by atoms with Gasteiger partial charge in [-0.2, -0.15) is 0 Å². The molecule has 0 heterocycles. The zero-order valence-corrected chi connectivity index (χ0v) is 21.7. The Bertz CT molecular complexity index is 100.0. The monoisotopic (exact) mass is 707 g/mol. The van der Waals surface area contributed by atoms with Crippen LogP contribution >= 0.6 is 0 Å². The summed E-state index contributed by atoms with van der Waals surface area (Å²) < 4.78 is 104. The van der Waals surface area contributed by atoms with Gasteiger partial charge in [0.05, 0.1) is 0 Å². The fourth-order valence-electron chi connectivity index (χ4n) is 0. The molecule has 0 amide bonds. The molecule has 0 aliphatic rings. The van der Waals surface area contributed by atoms with E-state index in [0.717, 1.165) is 0 Å². The standard InChI is InChI=1S/4Nb.12O.3Ti/q4*+3;12*-1;;;. The fraction of sp³-hybridized carbons (Fsp3) is 0. The molecule has 0 aromatic rings. The van der Waals surface area contributed by atoms with Crippen molar-refractivity contribution >= 4 is 0 Å². The zero-order valence-electron chi connectivity index (χ0n) is 8.19. The molecule has 0 saturated heterocycles. The summed E-state index contributed by atoms with van der Waals surface area (Å²) in [5.74, 6) is 0. The second kappa shape index (κ2) is 20.7. The van der Waals surface area contributed by atoms with Gasteiger partial charge in [0.1, 0.15) is 0 Å². The van der Waals surface area contributed by atoms with Crippen LogP contribution < -0.4 is 44.3 Å². The molecule has 12 nitrogen and oxygen atoms in total. The van der Waals surface area contributed by atoms with Crippen molar-refractivity contribution < 1.29 is 188 Å². The molecule has 0 fully saturated rings. The molecule has 104 valence electrons. The first-order valence-electron chi connectivity index (χ1n) is 2.45. The first kappa shape index (κ1) is 43.8. The molecule has 0 aromatic carbocycles. The normalized spacial score (nSPS) is 9.47. The molecule has 0 spiro atoms. The molecule has 0 saturated carbocycles. The van der Waals surface area contributed by atoms with E-state index in [1.165, 1.54) is 0 Å². The second-order valence-electron chi connectivity index (χ2n) is 1.50. The fourth-order valence-corrected chi connectivity index (χ4v) is 0. The van der Waals surface area contributed by atoms with Gasteiger partial charge >= 0.3 is 188 Å². The minimum absolute atomic E-state index is 0. The summed E-state index contributed by atoms with van der Waals surface area (Å²) in [6.07, 6.45) is 0. The summed E-state index contributed by atoms with van der Waals surface area (Å²) in [6.45, 7) is 0. The number of rotatable bonds is 0. The van der Waals surface area contributed by atoms with E-state index in [-0.39, 0.29) is 89.5 Å². The van der Waals surface area contributed by atoms with Crippen molar-refractivity contribution in [3.05, 3.63) is 0 Å². The van der Waals surface area contributed by atoms with Gasteiger partial charge in [-0.1, -0.05) is 0 Å². The zero-order chi connectivity index (χ0) is 13.5. The van der Waals surface area contributed by atoms with Gasteiger partial charge in [-0.15, -0.1) is 0 Å². The van der Waals surface area contributed by atoms with E-state index in [0.29, 0.717) is 0 Å². The molecule has 0 rings (SSSR count). The maximum atomic E-state index is 8.62. The van der Waals surface area contributed by atoms with E-state index < -0.39 is 54.4 Å². The maximum absolute atomic E-state index is 8.62. The summed E-state index contributed by atoms with van der Waals surface area (Å²) in [7, 11) is 0. The minimum atomic E-state index is -6.00. The van der Waals surface area contributed by atoms with Crippen LogP contribution in [0.25, 0.3) is 0 Å². The Morgan fingerprint density at radius 3 is 0.263 bits per heavy atom. The first-order chi connectivity index (χ1) is 6.00.